The molecule has 0 N–H and O–H groups in total. The summed E-state index contributed by atoms with van der Waals surface area (Å²) < 4.78 is 10.5. The molecule has 7 rings (SSSR count). The lowest BCUT2D eigenvalue weighted by Gasteiger charge is -2.42. The number of carbonyl (C=O) groups is 2. The molecule has 144 valence electrons. The normalized spacial score (nSPS) is 35.4. The fourth-order valence-corrected chi connectivity index (χ4v) is 6.43. The predicted molar refractivity (Wildman–Crippen MR) is 100 cm³/mol. The number of nitrogens with zero attached hydrogens (tertiary/aromatic N) is 1. The minimum atomic E-state index is -0.470. The van der Waals surface area contributed by atoms with Gasteiger partial charge in [0.2, 0.25) is 11.8 Å². The predicted octanol–water partition coefficient (Wildman–Crippen LogP) is 2.72. The Morgan fingerprint density at radius 2 is 1.68 bits per heavy atom. The van der Waals surface area contributed by atoms with Gasteiger partial charge in [-0.25, -0.2) is 9.69 Å². The van der Waals surface area contributed by atoms with Gasteiger partial charge in [-0.05, 0) is 60.6 Å². The summed E-state index contributed by atoms with van der Waals surface area (Å²) in [6.45, 7) is 0.291. The maximum Gasteiger partial charge on any atom is 0.336 e. The summed E-state index contributed by atoms with van der Waals surface area (Å²) in [4.78, 5) is 39.8. The Balaban J connectivity index is 1.43. The second-order valence-electron chi connectivity index (χ2n) is 8.74. The Labute approximate surface area is 161 Å². The van der Waals surface area contributed by atoms with Gasteiger partial charge < -0.3 is 9.15 Å². The molecule has 6 unspecified atom stereocenters. The monoisotopic (exact) mass is 379 g/mol. The average molecular weight is 379 g/mol. The summed E-state index contributed by atoms with van der Waals surface area (Å²) in [5.74, 6) is 1.61. The Morgan fingerprint density at radius 1 is 1.00 bits per heavy atom. The fourth-order valence-electron chi connectivity index (χ4n) is 6.43. The highest BCUT2D eigenvalue weighted by molar-refractivity contribution is 6.22. The van der Waals surface area contributed by atoms with Gasteiger partial charge in [0.15, 0.2) is 0 Å². The van der Waals surface area contributed by atoms with E-state index in [4.69, 9.17) is 9.15 Å². The number of rotatable bonds is 3. The highest BCUT2D eigenvalue weighted by Crippen LogP contribution is 2.68. The van der Waals surface area contributed by atoms with Gasteiger partial charge in [-0.3, -0.25) is 9.59 Å². The highest BCUT2D eigenvalue weighted by Gasteiger charge is 2.68. The van der Waals surface area contributed by atoms with Crippen molar-refractivity contribution in [2.45, 2.75) is 25.9 Å². The van der Waals surface area contributed by atoms with E-state index in [2.05, 4.69) is 0 Å². The van der Waals surface area contributed by atoms with E-state index >= 15 is 0 Å². The molecular weight excluding hydrogens is 358 g/mol. The molecule has 1 aromatic carbocycles. The molecule has 4 aliphatic carbocycles. The Morgan fingerprint density at radius 3 is 2.32 bits per heavy atom. The molecule has 28 heavy (non-hydrogen) atoms. The quantitative estimate of drug-likeness (QED) is 0.605. The molecule has 2 amide bonds. The van der Waals surface area contributed by atoms with Crippen LogP contribution in [0.15, 0.2) is 33.5 Å². The lowest BCUT2D eigenvalue weighted by atomic mass is 9.59. The number of benzene rings is 1. The number of anilines is 1. The number of imide groups is 1. The number of ether oxygens (including phenoxy) is 1. The van der Waals surface area contributed by atoms with Crippen molar-refractivity contribution in [3.8, 4) is 0 Å². The van der Waals surface area contributed by atoms with Gasteiger partial charge in [-0.15, -0.1) is 0 Å². The molecule has 2 heterocycles. The maximum absolute atomic E-state index is 13.3. The lowest BCUT2D eigenvalue weighted by molar-refractivity contribution is -0.129. The van der Waals surface area contributed by atoms with Gasteiger partial charge in [0.05, 0.1) is 24.1 Å². The number of hydrogen-bond acceptors (Lipinski definition) is 5. The SMILES string of the molecule is COCc1cc(=O)oc2cc(N3C(=O)C4C5CCC(C6CC65)C4C3=O)ccc12. The van der Waals surface area contributed by atoms with E-state index in [1.165, 1.54) is 17.4 Å². The second-order valence-corrected chi connectivity index (χ2v) is 8.74. The van der Waals surface area contributed by atoms with E-state index in [0.717, 1.165) is 23.8 Å². The van der Waals surface area contributed by atoms with E-state index in [-0.39, 0.29) is 23.7 Å². The molecule has 4 saturated carbocycles. The van der Waals surface area contributed by atoms with Gasteiger partial charge in [0.25, 0.3) is 0 Å². The third-order valence-corrected chi connectivity index (χ3v) is 7.52. The topological polar surface area (TPSA) is 76.8 Å². The van der Waals surface area contributed by atoms with Crippen molar-refractivity contribution in [3.63, 3.8) is 0 Å². The van der Waals surface area contributed by atoms with Gasteiger partial charge >= 0.3 is 5.63 Å². The molecule has 6 heteroatoms. The smallest absolute Gasteiger partial charge is 0.336 e. The van der Waals surface area contributed by atoms with Crippen LogP contribution in [-0.2, 0) is 20.9 Å². The molecule has 0 radical (unpaired) electrons. The Kier molecular flexibility index (Phi) is 3.26. The number of fused-ring (bicyclic) bond motifs is 2. The van der Waals surface area contributed by atoms with Crippen molar-refractivity contribution >= 4 is 28.5 Å². The highest BCUT2D eigenvalue weighted by atomic mass is 16.5. The molecule has 6 nitrogen and oxygen atoms in total. The molecule has 2 bridgehead atoms. The van der Waals surface area contributed by atoms with E-state index in [1.807, 2.05) is 0 Å². The summed E-state index contributed by atoms with van der Waals surface area (Å²) in [6, 6.07) is 6.63. The molecule has 1 saturated heterocycles. The molecule has 1 aliphatic heterocycles. The largest absolute Gasteiger partial charge is 0.423 e. The number of amides is 2. The van der Waals surface area contributed by atoms with E-state index in [9.17, 15) is 14.4 Å². The van der Waals surface area contributed by atoms with Crippen LogP contribution in [0.2, 0.25) is 0 Å². The van der Waals surface area contributed by atoms with Crippen molar-refractivity contribution in [1.29, 1.82) is 0 Å². The Hall–Kier alpha value is -2.47. The van der Waals surface area contributed by atoms with Gasteiger partial charge in [0, 0.05) is 24.6 Å². The van der Waals surface area contributed by atoms with Crippen LogP contribution < -0.4 is 10.5 Å². The van der Waals surface area contributed by atoms with Crippen LogP contribution in [0, 0.1) is 35.5 Å². The van der Waals surface area contributed by atoms with E-state index in [0.29, 0.717) is 41.5 Å². The second kappa shape index (κ2) is 5.54. The minimum absolute atomic E-state index is 0.0650. The van der Waals surface area contributed by atoms with Crippen LogP contribution in [-0.4, -0.2) is 18.9 Å². The zero-order valence-corrected chi connectivity index (χ0v) is 15.6. The van der Waals surface area contributed by atoms with Crippen LogP contribution in [0.25, 0.3) is 11.0 Å². The average Bonchev–Trinajstić information content (AvgIpc) is 3.45. The van der Waals surface area contributed by atoms with Gasteiger partial charge in [0.1, 0.15) is 5.58 Å². The summed E-state index contributed by atoms with van der Waals surface area (Å²) in [7, 11) is 1.57. The lowest BCUT2D eigenvalue weighted by Crippen LogP contribution is -2.43. The Bertz CT molecular complexity index is 1050. The first-order valence-electron chi connectivity index (χ1n) is 10.0. The fraction of sp³-hybridized carbons (Fsp3) is 0.500. The molecular formula is C22H21NO5. The summed E-state index contributed by atoms with van der Waals surface area (Å²) in [5.41, 5.74) is 1.13. The zero-order valence-electron chi connectivity index (χ0n) is 15.6. The van der Waals surface area contributed by atoms with E-state index in [1.54, 1.807) is 25.3 Å². The van der Waals surface area contributed by atoms with Crippen LogP contribution in [0.5, 0.6) is 0 Å². The zero-order chi connectivity index (χ0) is 19.2. The third-order valence-electron chi connectivity index (χ3n) is 7.52. The van der Waals surface area contributed by atoms with Crippen molar-refractivity contribution in [1.82, 2.24) is 0 Å². The molecule has 5 fully saturated rings. The van der Waals surface area contributed by atoms with Gasteiger partial charge in [-0.1, -0.05) is 0 Å². The molecule has 5 aliphatic rings. The summed E-state index contributed by atoms with van der Waals surface area (Å²) in [5, 5.41) is 0.753. The van der Waals surface area contributed by atoms with Crippen molar-refractivity contribution < 1.29 is 18.7 Å². The first kappa shape index (κ1) is 16.5. The number of hydrogen-bond donors (Lipinski definition) is 0. The van der Waals surface area contributed by atoms with Crippen LogP contribution in [0.4, 0.5) is 5.69 Å². The van der Waals surface area contributed by atoms with Crippen molar-refractivity contribution in [3.05, 3.63) is 40.2 Å². The minimum Gasteiger partial charge on any atom is -0.423 e. The van der Waals surface area contributed by atoms with Crippen LogP contribution in [0.3, 0.4) is 0 Å². The third kappa shape index (κ3) is 2.04. The summed E-state index contributed by atoms with van der Waals surface area (Å²) in [6.07, 6.45) is 3.35. The maximum atomic E-state index is 13.3. The standard InChI is InChI=1S/C22H21NO5/c1-27-9-10-6-18(24)28-17-7-11(2-3-12(10)17)23-21(25)19-13-4-5-14(16-8-15(13)16)20(19)22(23)26/h2-3,6-7,13-16,19-20H,4-5,8-9H2,1H3. The molecule has 6 atom stereocenters. The number of methoxy groups -OCH3 is 1. The molecule has 0 spiro atoms. The first-order valence-corrected chi connectivity index (χ1v) is 10.0. The first-order chi connectivity index (χ1) is 13.6. The summed E-state index contributed by atoms with van der Waals surface area (Å²) >= 11 is 0. The number of carbonyl (C=O) groups excluding carboxylic acids is 2. The van der Waals surface area contributed by atoms with E-state index < -0.39 is 5.63 Å². The molecule has 1 aromatic heterocycles. The molecule has 2 aromatic rings. The van der Waals surface area contributed by atoms with Crippen molar-refractivity contribution in [2.24, 2.45) is 35.5 Å². The van der Waals surface area contributed by atoms with Crippen LogP contribution in [0.1, 0.15) is 24.8 Å². The van der Waals surface area contributed by atoms with Crippen molar-refractivity contribution in [2.75, 3.05) is 12.0 Å². The van der Waals surface area contributed by atoms with Gasteiger partial charge in [-0.2, -0.15) is 0 Å². The van der Waals surface area contributed by atoms with Crippen LogP contribution >= 0.6 is 0 Å².